The van der Waals surface area contributed by atoms with Crippen LogP contribution in [-0.2, 0) is 10.2 Å². The number of phenolic OH excluding ortho intramolecular Hbond substituents is 2. The molecule has 25 heavy (non-hydrogen) atoms. The van der Waals surface area contributed by atoms with Crippen LogP contribution in [0.1, 0.15) is 25.0 Å². The van der Waals surface area contributed by atoms with Crippen LogP contribution in [0, 0.1) is 0 Å². The van der Waals surface area contributed by atoms with E-state index in [1.54, 1.807) is 19.2 Å². The average Bonchev–Trinajstić information content (AvgIpc) is 2.77. The van der Waals surface area contributed by atoms with Gasteiger partial charge in [0.15, 0.2) is 11.5 Å². The molecule has 0 unspecified atom stereocenters. The second kappa shape index (κ2) is 6.62. The first-order valence-corrected chi connectivity index (χ1v) is 8.53. The number of nitrogens with zero attached hydrogens (tertiary/aromatic N) is 1. The van der Waals surface area contributed by atoms with Crippen LogP contribution in [0.15, 0.2) is 42.1 Å². The van der Waals surface area contributed by atoms with Crippen molar-refractivity contribution < 1.29 is 14.9 Å². The number of benzene rings is 2. The van der Waals surface area contributed by atoms with Crippen LogP contribution in [0.25, 0.3) is 6.08 Å². The highest BCUT2D eigenvalue weighted by molar-refractivity contribution is 6.30. The summed E-state index contributed by atoms with van der Waals surface area (Å²) in [5.41, 5.74) is 3.93. The van der Waals surface area contributed by atoms with Crippen LogP contribution in [-0.4, -0.2) is 30.5 Å². The van der Waals surface area contributed by atoms with E-state index in [0.29, 0.717) is 18.2 Å². The monoisotopic (exact) mass is 359 g/mol. The minimum atomic E-state index is -0.249. The zero-order valence-corrected chi connectivity index (χ0v) is 15.3. The van der Waals surface area contributed by atoms with Gasteiger partial charge in [0.05, 0.1) is 6.61 Å². The molecule has 1 heterocycles. The minimum absolute atomic E-state index is 0.126. The molecule has 4 nitrogen and oxygen atoms in total. The molecule has 1 aliphatic heterocycles. The number of allylic oxidation sites excluding steroid dienone is 1. The third-order valence-corrected chi connectivity index (χ3v) is 4.91. The van der Waals surface area contributed by atoms with Gasteiger partial charge in [-0.15, -0.1) is 0 Å². The van der Waals surface area contributed by atoms with Gasteiger partial charge in [0.1, 0.15) is 0 Å². The van der Waals surface area contributed by atoms with Crippen molar-refractivity contribution in [2.45, 2.75) is 19.3 Å². The molecule has 0 atom stereocenters. The van der Waals surface area contributed by atoms with Gasteiger partial charge in [0.25, 0.3) is 0 Å². The van der Waals surface area contributed by atoms with Crippen LogP contribution in [0.5, 0.6) is 11.5 Å². The third kappa shape index (κ3) is 3.20. The maximum absolute atomic E-state index is 9.79. The highest BCUT2D eigenvalue weighted by Gasteiger charge is 2.40. The van der Waals surface area contributed by atoms with Gasteiger partial charge >= 0.3 is 0 Å². The first-order valence-electron chi connectivity index (χ1n) is 8.15. The van der Waals surface area contributed by atoms with Gasteiger partial charge in [-0.05, 0) is 47.5 Å². The van der Waals surface area contributed by atoms with Gasteiger partial charge in [-0.2, -0.15) is 0 Å². The van der Waals surface area contributed by atoms with Gasteiger partial charge < -0.3 is 19.8 Å². The molecule has 2 aromatic rings. The maximum atomic E-state index is 9.79. The van der Waals surface area contributed by atoms with E-state index in [1.807, 2.05) is 24.3 Å². The molecular weight excluding hydrogens is 338 g/mol. The van der Waals surface area contributed by atoms with Crippen molar-refractivity contribution in [2.24, 2.45) is 0 Å². The van der Waals surface area contributed by atoms with E-state index in [2.05, 4.69) is 18.7 Å². The van der Waals surface area contributed by atoms with E-state index < -0.39 is 0 Å². The summed E-state index contributed by atoms with van der Waals surface area (Å²) in [5, 5.41) is 20.0. The Balaban J connectivity index is 2.12. The molecule has 0 aromatic heterocycles. The first kappa shape index (κ1) is 17.6. The fraction of sp³-hybridized carbons (Fsp3) is 0.300. The molecule has 0 saturated heterocycles. The second-order valence-corrected chi connectivity index (χ2v) is 7.15. The Hall–Kier alpha value is -2.17. The number of hydrogen-bond acceptors (Lipinski definition) is 4. The van der Waals surface area contributed by atoms with E-state index in [9.17, 15) is 10.2 Å². The molecule has 2 N–H and O–H groups in total. The lowest BCUT2D eigenvalue weighted by Gasteiger charge is -2.27. The van der Waals surface area contributed by atoms with E-state index in [0.717, 1.165) is 22.5 Å². The standard InChI is InChI=1S/C20H22ClNO3/c1-20(2)15-12-14(21)5-6-16(15)22(8-9-25-3)19(20)11-13-4-7-17(23)18(24)10-13/h4-7,10-12,23-24H,8-9H2,1-3H3/b19-11+. The Morgan fingerprint density at radius 3 is 2.56 bits per heavy atom. The number of anilines is 1. The number of rotatable bonds is 4. The number of methoxy groups -OCH3 is 1. The van der Waals surface area contributed by atoms with E-state index in [-0.39, 0.29) is 16.9 Å². The second-order valence-electron chi connectivity index (χ2n) is 6.71. The molecular formula is C20H22ClNO3. The first-order chi connectivity index (χ1) is 11.8. The maximum Gasteiger partial charge on any atom is 0.157 e. The van der Waals surface area contributed by atoms with Gasteiger partial charge in [0, 0.05) is 35.5 Å². The van der Waals surface area contributed by atoms with Crippen LogP contribution in [0.4, 0.5) is 5.69 Å². The fourth-order valence-electron chi connectivity index (χ4n) is 3.32. The van der Waals surface area contributed by atoms with Gasteiger partial charge in [-0.3, -0.25) is 0 Å². The summed E-state index contributed by atoms with van der Waals surface area (Å²) in [6, 6.07) is 10.8. The van der Waals surface area contributed by atoms with Crippen LogP contribution in [0.2, 0.25) is 5.02 Å². The smallest absolute Gasteiger partial charge is 0.157 e. The highest BCUT2D eigenvalue weighted by atomic mass is 35.5. The van der Waals surface area contributed by atoms with Gasteiger partial charge in [0.2, 0.25) is 0 Å². The number of fused-ring (bicyclic) bond motifs is 1. The van der Waals surface area contributed by atoms with E-state index in [1.165, 1.54) is 6.07 Å². The quantitative estimate of drug-likeness (QED) is 0.787. The Bertz CT molecular complexity index is 830. The van der Waals surface area contributed by atoms with Crippen LogP contribution >= 0.6 is 11.6 Å². The van der Waals surface area contributed by atoms with Crippen molar-refractivity contribution >= 4 is 23.4 Å². The largest absolute Gasteiger partial charge is 0.504 e. The van der Waals surface area contributed by atoms with E-state index in [4.69, 9.17) is 16.3 Å². The predicted molar refractivity (Wildman–Crippen MR) is 101 cm³/mol. The summed E-state index contributed by atoms with van der Waals surface area (Å²) < 4.78 is 5.28. The van der Waals surface area contributed by atoms with Crippen LogP contribution in [0.3, 0.4) is 0 Å². The van der Waals surface area contributed by atoms with Crippen molar-refractivity contribution in [3.8, 4) is 11.5 Å². The molecule has 0 aliphatic carbocycles. The molecule has 0 saturated carbocycles. The van der Waals surface area contributed by atoms with Gasteiger partial charge in [-0.25, -0.2) is 0 Å². The zero-order chi connectivity index (χ0) is 18.2. The lowest BCUT2D eigenvalue weighted by atomic mass is 9.83. The number of ether oxygens (including phenoxy) is 1. The predicted octanol–water partition coefficient (Wildman–Crippen LogP) is 4.54. The fourth-order valence-corrected chi connectivity index (χ4v) is 3.49. The Morgan fingerprint density at radius 1 is 1.12 bits per heavy atom. The average molecular weight is 360 g/mol. The molecule has 5 heteroatoms. The summed E-state index contributed by atoms with van der Waals surface area (Å²) >= 11 is 6.23. The third-order valence-electron chi connectivity index (χ3n) is 4.68. The lowest BCUT2D eigenvalue weighted by molar-refractivity contribution is 0.206. The number of halogens is 1. The number of phenols is 2. The Labute approximate surface area is 152 Å². The molecule has 0 fully saturated rings. The molecule has 132 valence electrons. The molecule has 0 radical (unpaired) electrons. The van der Waals surface area contributed by atoms with Crippen molar-refractivity contribution in [3.05, 3.63) is 58.2 Å². The normalized spacial score (nSPS) is 17.1. The summed E-state index contributed by atoms with van der Waals surface area (Å²) in [7, 11) is 1.69. The molecule has 0 bridgehead atoms. The van der Waals surface area contributed by atoms with Crippen molar-refractivity contribution in [1.82, 2.24) is 0 Å². The van der Waals surface area contributed by atoms with Crippen LogP contribution < -0.4 is 4.90 Å². The number of aromatic hydroxyl groups is 2. The SMILES string of the molecule is COCCN1/C(=C/c2ccc(O)c(O)c2)C(C)(C)c2cc(Cl)ccc21. The molecule has 0 spiro atoms. The number of hydrogen-bond donors (Lipinski definition) is 2. The Kier molecular flexibility index (Phi) is 4.67. The van der Waals surface area contributed by atoms with Crippen molar-refractivity contribution in [2.75, 3.05) is 25.2 Å². The highest BCUT2D eigenvalue weighted by Crippen LogP contribution is 2.49. The molecule has 3 rings (SSSR count). The molecule has 1 aliphatic rings. The van der Waals surface area contributed by atoms with Gasteiger partial charge in [-0.1, -0.05) is 31.5 Å². The molecule has 0 amide bonds. The molecule has 2 aromatic carbocycles. The minimum Gasteiger partial charge on any atom is -0.504 e. The summed E-state index contributed by atoms with van der Waals surface area (Å²) in [4.78, 5) is 2.22. The topological polar surface area (TPSA) is 52.9 Å². The van der Waals surface area contributed by atoms with E-state index >= 15 is 0 Å². The van der Waals surface area contributed by atoms with Crippen molar-refractivity contribution in [3.63, 3.8) is 0 Å². The summed E-state index contributed by atoms with van der Waals surface area (Å²) in [6.07, 6.45) is 2.03. The summed E-state index contributed by atoms with van der Waals surface area (Å²) in [6.45, 7) is 5.61. The zero-order valence-electron chi connectivity index (χ0n) is 14.6. The summed E-state index contributed by atoms with van der Waals surface area (Å²) in [5.74, 6) is -0.256. The lowest BCUT2D eigenvalue weighted by Crippen LogP contribution is -2.28. The van der Waals surface area contributed by atoms with Crippen molar-refractivity contribution in [1.29, 1.82) is 0 Å². The Morgan fingerprint density at radius 2 is 1.88 bits per heavy atom.